The molecular formula is C18H20N6O3. The first-order valence-corrected chi connectivity index (χ1v) is 8.55. The quantitative estimate of drug-likeness (QED) is 0.372. The molecule has 2 heterocycles. The number of nitro groups is 1. The Morgan fingerprint density at radius 1 is 1.22 bits per heavy atom. The number of nitrogens with zero attached hydrogens (tertiary/aromatic N) is 5. The smallest absolute Gasteiger partial charge is 0.307 e. The maximum absolute atomic E-state index is 12.2. The number of hydrogen-bond acceptors (Lipinski definition) is 5. The van der Waals surface area contributed by atoms with Gasteiger partial charge in [0.15, 0.2) is 0 Å². The summed E-state index contributed by atoms with van der Waals surface area (Å²) in [6.45, 7) is 3.72. The summed E-state index contributed by atoms with van der Waals surface area (Å²) in [7, 11) is 0. The first-order chi connectivity index (χ1) is 13.0. The second-order valence-corrected chi connectivity index (χ2v) is 6.16. The molecular weight excluding hydrogens is 348 g/mol. The average Bonchev–Trinajstić information content (AvgIpc) is 3.28. The summed E-state index contributed by atoms with van der Waals surface area (Å²) in [6.07, 6.45) is 5.15. The van der Waals surface area contributed by atoms with Gasteiger partial charge in [0.05, 0.1) is 11.5 Å². The number of aryl methyl sites for hydroxylation is 2. The molecule has 0 fully saturated rings. The fourth-order valence-corrected chi connectivity index (χ4v) is 2.65. The van der Waals surface area contributed by atoms with Crippen LogP contribution in [0.25, 0.3) is 0 Å². The van der Waals surface area contributed by atoms with Crippen LogP contribution in [-0.4, -0.2) is 36.9 Å². The normalized spacial score (nSPS) is 10.7. The van der Waals surface area contributed by atoms with Crippen LogP contribution in [0.1, 0.15) is 28.0 Å². The number of aromatic nitrogens is 4. The van der Waals surface area contributed by atoms with Crippen molar-refractivity contribution in [2.24, 2.45) is 0 Å². The Bertz CT molecular complexity index is 929. The summed E-state index contributed by atoms with van der Waals surface area (Å²) in [6, 6.07) is 9.05. The van der Waals surface area contributed by atoms with E-state index in [1.807, 2.05) is 29.8 Å². The molecule has 3 rings (SSSR count). The van der Waals surface area contributed by atoms with E-state index in [2.05, 4.69) is 15.5 Å². The second kappa shape index (κ2) is 8.26. The zero-order valence-corrected chi connectivity index (χ0v) is 14.9. The van der Waals surface area contributed by atoms with E-state index in [1.54, 1.807) is 18.3 Å². The van der Waals surface area contributed by atoms with Crippen molar-refractivity contribution in [2.75, 3.05) is 6.54 Å². The molecule has 0 unspecified atom stereocenters. The zero-order chi connectivity index (χ0) is 19.2. The molecule has 0 saturated carbocycles. The largest absolute Gasteiger partial charge is 0.352 e. The lowest BCUT2D eigenvalue weighted by Crippen LogP contribution is -2.25. The molecule has 1 aromatic carbocycles. The summed E-state index contributed by atoms with van der Waals surface area (Å²) in [5, 5.41) is 21.7. The van der Waals surface area contributed by atoms with Gasteiger partial charge in [-0.25, -0.2) is 0 Å². The first kappa shape index (κ1) is 18.3. The molecule has 0 aliphatic heterocycles. The maximum atomic E-state index is 12.2. The maximum Gasteiger partial charge on any atom is 0.307 e. The fraction of sp³-hybridized carbons (Fsp3) is 0.278. The van der Waals surface area contributed by atoms with Crippen LogP contribution in [0.15, 0.2) is 48.9 Å². The summed E-state index contributed by atoms with van der Waals surface area (Å²) in [5.41, 5.74) is 2.52. The minimum absolute atomic E-state index is 0.0451. The van der Waals surface area contributed by atoms with E-state index >= 15 is 0 Å². The Balaban J connectivity index is 1.48. The van der Waals surface area contributed by atoms with Gasteiger partial charge in [-0.2, -0.15) is 10.2 Å². The van der Waals surface area contributed by atoms with Crippen LogP contribution in [0, 0.1) is 17.0 Å². The van der Waals surface area contributed by atoms with Gasteiger partial charge in [0.1, 0.15) is 12.4 Å². The zero-order valence-electron chi connectivity index (χ0n) is 14.9. The van der Waals surface area contributed by atoms with Crippen LogP contribution in [0.5, 0.6) is 0 Å². The molecule has 1 amide bonds. The van der Waals surface area contributed by atoms with Crippen molar-refractivity contribution < 1.29 is 9.72 Å². The van der Waals surface area contributed by atoms with Gasteiger partial charge in [0.2, 0.25) is 0 Å². The highest BCUT2D eigenvalue weighted by molar-refractivity contribution is 5.94. The first-order valence-electron chi connectivity index (χ1n) is 8.55. The van der Waals surface area contributed by atoms with Gasteiger partial charge in [-0.3, -0.25) is 24.3 Å². The van der Waals surface area contributed by atoms with Gasteiger partial charge in [-0.1, -0.05) is 12.1 Å². The number of amides is 1. The van der Waals surface area contributed by atoms with Crippen molar-refractivity contribution in [3.63, 3.8) is 0 Å². The molecule has 2 aromatic heterocycles. The van der Waals surface area contributed by atoms with Crippen LogP contribution < -0.4 is 5.32 Å². The highest BCUT2D eigenvalue weighted by atomic mass is 16.6. The number of carbonyl (C=O) groups is 1. The Kier molecular flexibility index (Phi) is 5.60. The average molecular weight is 368 g/mol. The molecule has 1 N–H and O–H groups in total. The molecule has 0 aliphatic rings. The molecule has 3 aromatic rings. The lowest BCUT2D eigenvalue weighted by molar-refractivity contribution is -0.385. The summed E-state index contributed by atoms with van der Waals surface area (Å²) >= 11 is 0. The van der Waals surface area contributed by atoms with Crippen LogP contribution >= 0.6 is 0 Å². The molecule has 9 heteroatoms. The van der Waals surface area contributed by atoms with E-state index in [0.29, 0.717) is 18.7 Å². The van der Waals surface area contributed by atoms with Gasteiger partial charge >= 0.3 is 5.69 Å². The predicted molar refractivity (Wildman–Crippen MR) is 98.3 cm³/mol. The van der Waals surface area contributed by atoms with Crippen LogP contribution in [0.4, 0.5) is 5.69 Å². The molecule has 0 spiro atoms. The van der Waals surface area contributed by atoms with Crippen LogP contribution in [0.2, 0.25) is 0 Å². The molecule has 27 heavy (non-hydrogen) atoms. The summed E-state index contributed by atoms with van der Waals surface area (Å²) < 4.78 is 3.39. The molecule has 0 bridgehead atoms. The van der Waals surface area contributed by atoms with E-state index in [4.69, 9.17) is 0 Å². The van der Waals surface area contributed by atoms with E-state index in [9.17, 15) is 14.9 Å². The third-order valence-electron chi connectivity index (χ3n) is 4.15. The van der Waals surface area contributed by atoms with Gasteiger partial charge in [-0.05, 0) is 37.1 Å². The SMILES string of the molecule is Cc1ccnn1CCCNC(=O)c1ccc(Cn2cc([N+](=O)[O-])cn2)cc1. The Hall–Kier alpha value is -3.49. The van der Waals surface area contributed by atoms with Crippen molar-refractivity contribution >= 4 is 11.6 Å². The van der Waals surface area contributed by atoms with Crippen LogP contribution in [0.3, 0.4) is 0 Å². The molecule has 0 aliphatic carbocycles. The lowest BCUT2D eigenvalue weighted by atomic mass is 10.1. The van der Waals surface area contributed by atoms with Crippen molar-refractivity contribution in [1.29, 1.82) is 0 Å². The molecule has 140 valence electrons. The second-order valence-electron chi connectivity index (χ2n) is 6.16. The third-order valence-corrected chi connectivity index (χ3v) is 4.15. The summed E-state index contributed by atoms with van der Waals surface area (Å²) in [4.78, 5) is 22.4. The van der Waals surface area contributed by atoms with Gasteiger partial charge in [-0.15, -0.1) is 0 Å². The van der Waals surface area contributed by atoms with Gasteiger partial charge in [0, 0.05) is 30.5 Å². The number of nitrogens with one attached hydrogen (secondary N) is 1. The molecule has 0 saturated heterocycles. The number of benzene rings is 1. The number of carbonyl (C=O) groups excluding carboxylic acids is 1. The van der Waals surface area contributed by atoms with E-state index < -0.39 is 4.92 Å². The highest BCUT2D eigenvalue weighted by Crippen LogP contribution is 2.11. The number of rotatable bonds is 8. The Morgan fingerprint density at radius 2 is 2.00 bits per heavy atom. The standard InChI is InChI=1S/C18H20N6O3/c1-14-7-9-20-23(14)10-2-8-19-18(25)16-5-3-15(4-6-16)12-22-13-17(11-21-22)24(26)27/h3-7,9,11,13H,2,8,10,12H2,1H3,(H,19,25). The fourth-order valence-electron chi connectivity index (χ4n) is 2.65. The molecule has 9 nitrogen and oxygen atoms in total. The van der Waals surface area contributed by atoms with E-state index in [-0.39, 0.29) is 11.6 Å². The van der Waals surface area contributed by atoms with Crippen molar-refractivity contribution in [3.05, 3.63) is 75.9 Å². The van der Waals surface area contributed by atoms with Crippen LogP contribution in [-0.2, 0) is 13.1 Å². The summed E-state index contributed by atoms with van der Waals surface area (Å²) in [5.74, 6) is -0.131. The highest BCUT2D eigenvalue weighted by Gasteiger charge is 2.09. The lowest BCUT2D eigenvalue weighted by Gasteiger charge is -2.07. The number of hydrogen-bond donors (Lipinski definition) is 1. The van der Waals surface area contributed by atoms with Gasteiger partial charge in [0.25, 0.3) is 5.91 Å². The van der Waals surface area contributed by atoms with Gasteiger partial charge < -0.3 is 5.32 Å². The van der Waals surface area contributed by atoms with Crippen molar-refractivity contribution in [1.82, 2.24) is 24.9 Å². The Labute approximate surface area is 155 Å². The third kappa shape index (κ3) is 4.78. The Morgan fingerprint density at radius 3 is 2.63 bits per heavy atom. The molecule has 0 atom stereocenters. The topological polar surface area (TPSA) is 108 Å². The van der Waals surface area contributed by atoms with E-state index in [1.165, 1.54) is 17.1 Å². The monoisotopic (exact) mass is 368 g/mol. The predicted octanol–water partition coefficient (Wildman–Crippen LogP) is 2.16. The van der Waals surface area contributed by atoms with E-state index in [0.717, 1.165) is 24.2 Å². The minimum Gasteiger partial charge on any atom is -0.352 e. The minimum atomic E-state index is -0.482. The van der Waals surface area contributed by atoms with Crippen molar-refractivity contribution in [2.45, 2.75) is 26.4 Å². The molecule has 0 radical (unpaired) electrons. The van der Waals surface area contributed by atoms with Crippen molar-refractivity contribution in [3.8, 4) is 0 Å².